The fourth-order valence-electron chi connectivity index (χ4n) is 2.06. The molecule has 1 amide bonds. The van der Waals surface area contributed by atoms with Gasteiger partial charge >= 0.3 is 0 Å². The number of nitrogens with one attached hydrogen (secondary N) is 1. The Morgan fingerprint density at radius 2 is 2.53 bits per heavy atom. The first-order valence-electron chi connectivity index (χ1n) is 6.53. The molecular weight excluding hydrogens is 328 g/mol. The van der Waals surface area contributed by atoms with Gasteiger partial charge < -0.3 is 10.1 Å². The summed E-state index contributed by atoms with van der Waals surface area (Å²) in [5.41, 5.74) is 0. The smallest absolute Gasteiger partial charge is 0.239 e. The monoisotopic (exact) mass is 346 g/mol. The van der Waals surface area contributed by atoms with E-state index in [0.717, 1.165) is 30.5 Å². The fraction of sp³-hybridized carbons (Fsp3) is 0.615. The number of rotatable bonds is 5. The molecule has 0 bridgehead atoms. The Balaban J connectivity index is 1.99. The van der Waals surface area contributed by atoms with Crippen LogP contribution in [0.5, 0.6) is 0 Å². The van der Waals surface area contributed by atoms with E-state index in [1.165, 1.54) is 4.88 Å². The number of ether oxygens (including phenoxy) is 1. The van der Waals surface area contributed by atoms with Gasteiger partial charge in [-0.25, -0.2) is 0 Å². The van der Waals surface area contributed by atoms with Crippen LogP contribution in [0.15, 0.2) is 15.9 Å². The van der Waals surface area contributed by atoms with Crippen LogP contribution in [-0.4, -0.2) is 43.2 Å². The van der Waals surface area contributed by atoms with Crippen LogP contribution in [0.25, 0.3) is 0 Å². The van der Waals surface area contributed by atoms with E-state index in [1.807, 2.05) is 6.07 Å². The van der Waals surface area contributed by atoms with Crippen molar-refractivity contribution in [3.63, 3.8) is 0 Å². The third-order valence-electron chi connectivity index (χ3n) is 3.13. The lowest BCUT2D eigenvalue weighted by atomic mass is 10.2. The zero-order chi connectivity index (χ0) is 13.7. The Morgan fingerprint density at radius 1 is 1.68 bits per heavy atom. The van der Waals surface area contributed by atoms with Gasteiger partial charge in [0.15, 0.2) is 0 Å². The molecule has 6 heteroatoms. The summed E-state index contributed by atoms with van der Waals surface area (Å²) in [5.74, 6) is 0.0780. The summed E-state index contributed by atoms with van der Waals surface area (Å²) in [5, 5.41) is 5.02. The summed E-state index contributed by atoms with van der Waals surface area (Å²) in [4.78, 5) is 15.6. The van der Waals surface area contributed by atoms with E-state index in [0.29, 0.717) is 13.2 Å². The lowest BCUT2D eigenvalue weighted by molar-refractivity contribution is -0.132. The van der Waals surface area contributed by atoms with Crippen LogP contribution >= 0.6 is 27.3 Å². The highest BCUT2D eigenvalue weighted by atomic mass is 79.9. The average Bonchev–Trinajstić information content (AvgIpc) is 2.82. The minimum atomic E-state index is -0.172. The fourth-order valence-corrected chi connectivity index (χ4v) is 3.56. The second-order valence-corrected chi connectivity index (χ2v) is 6.40. The number of hydrogen-bond acceptors (Lipinski definition) is 4. The van der Waals surface area contributed by atoms with Gasteiger partial charge in [0.2, 0.25) is 5.91 Å². The Labute approximate surface area is 126 Å². The summed E-state index contributed by atoms with van der Waals surface area (Å²) in [7, 11) is 0. The normalized spacial score (nSPS) is 20.4. The third-order valence-corrected chi connectivity index (χ3v) is 5.04. The molecule has 1 unspecified atom stereocenters. The number of thiophene rings is 1. The lowest BCUT2D eigenvalue weighted by Gasteiger charge is -2.34. The van der Waals surface area contributed by atoms with Crippen molar-refractivity contribution >= 4 is 33.2 Å². The molecule has 1 aliphatic heterocycles. The topological polar surface area (TPSA) is 41.6 Å². The predicted octanol–water partition coefficient (Wildman–Crippen LogP) is 2.24. The molecule has 106 valence electrons. The second kappa shape index (κ2) is 7.38. The molecule has 1 aromatic heterocycles. The minimum Gasteiger partial charge on any atom is -0.378 e. The van der Waals surface area contributed by atoms with Crippen LogP contribution in [-0.2, 0) is 16.1 Å². The van der Waals surface area contributed by atoms with Gasteiger partial charge in [-0.2, -0.15) is 0 Å². The number of hydrogen-bond donors (Lipinski definition) is 1. The van der Waals surface area contributed by atoms with E-state index in [1.54, 1.807) is 11.3 Å². The van der Waals surface area contributed by atoms with Crippen LogP contribution in [0.1, 0.15) is 18.2 Å². The van der Waals surface area contributed by atoms with Crippen LogP contribution < -0.4 is 5.32 Å². The van der Waals surface area contributed by atoms with Crippen LogP contribution in [0.2, 0.25) is 0 Å². The highest BCUT2D eigenvalue weighted by Crippen LogP contribution is 2.25. The van der Waals surface area contributed by atoms with Crippen molar-refractivity contribution in [1.82, 2.24) is 10.2 Å². The Morgan fingerprint density at radius 3 is 3.21 bits per heavy atom. The summed E-state index contributed by atoms with van der Waals surface area (Å²) in [6, 6.07) is 1.88. The maximum absolute atomic E-state index is 12.1. The molecule has 19 heavy (non-hydrogen) atoms. The van der Waals surface area contributed by atoms with Gasteiger partial charge in [0, 0.05) is 29.0 Å². The first-order valence-corrected chi connectivity index (χ1v) is 8.21. The zero-order valence-electron chi connectivity index (χ0n) is 11.0. The van der Waals surface area contributed by atoms with Gasteiger partial charge in [0.05, 0.1) is 13.2 Å². The number of carbonyl (C=O) groups excluding carboxylic acids is 1. The number of morpholine rings is 1. The van der Waals surface area contributed by atoms with Crippen LogP contribution in [0.4, 0.5) is 0 Å². The van der Waals surface area contributed by atoms with Crippen molar-refractivity contribution in [2.45, 2.75) is 25.9 Å². The van der Waals surface area contributed by atoms with E-state index in [-0.39, 0.29) is 11.9 Å². The third kappa shape index (κ3) is 4.02. The van der Waals surface area contributed by atoms with Gasteiger partial charge in [-0.1, -0.05) is 6.92 Å². The van der Waals surface area contributed by atoms with Gasteiger partial charge in [0.25, 0.3) is 0 Å². The van der Waals surface area contributed by atoms with Crippen molar-refractivity contribution in [3.8, 4) is 0 Å². The SMILES string of the molecule is CCCNC(=O)C1COCCN1Cc1sccc1Br. The van der Waals surface area contributed by atoms with E-state index in [4.69, 9.17) is 4.74 Å². The Bertz CT molecular complexity index is 425. The van der Waals surface area contributed by atoms with Gasteiger partial charge in [0.1, 0.15) is 6.04 Å². The van der Waals surface area contributed by atoms with Gasteiger partial charge in [-0.05, 0) is 33.8 Å². The largest absolute Gasteiger partial charge is 0.378 e. The van der Waals surface area contributed by atoms with E-state index >= 15 is 0 Å². The second-order valence-electron chi connectivity index (χ2n) is 4.54. The lowest BCUT2D eigenvalue weighted by Crippen LogP contribution is -2.53. The van der Waals surface area contributed by atoms with Crippen molar-refractivity contribution in [1.29, 1.82) is 0 Å². The number of carbonyl (C=O) groups is 1. The van der Waals surface area contributed by atoms with Crippen molar-refractivity contribution in [2.75, 3.05) is 26.3 Å². The Hall–Kier alpha value is -0.430. The number of amides is 1. The molecule has 0 aliphatic carbocycles. The van der Waals surface area contributed by atoms with E-state index in [2.05, 4.69) is 38.5 Å². The summed E-state index contributed by atoms with van der Waals surface area (Å²) < 4.78 is 6.57. The van der Waals surface area contributed by atoms with Crippen LogP contribution in [0, 0.1) is 0 Å². The van der Waals surface area contributed by atoms with E-state index in [9.17, 15) is 4.79 Å². The maximum atomic E-state index is 12.1. The molecule has 1 aromatic rings. The molecule has 4 nitrogen and oxygen atoms in total. The molecular formula is C13H19BrN2O2S. The predicted molar refractivity (Wildman–Crippen MR) is 80.3 cm³/mol. The molecule has 1 atom stereocenters. The number of nitrogens with zero attached hydrogens (tertiary/aromatic N) is 1. The zero-order valence-corrected chi connectivity index (χ0v) is 13.4. The summed E-state index contributed by atoms with van der Waals surface area (Å²) >= 11 is 5.26. The Kier molecular flexibility index (Phi) is 5.81. The molecule has 2 rings (SSSR count). The minimum absolute atomic E-state index is 0.0780. The highest BCUT2D eigenvalue weighted by molar-refractivity contribution is 9.10. The molecule has 1 fully saturated rings. The van der Waals surface area contributed by atoms with Gasteiger partial charge in [-0.15, -0.1) is 11.3 Å². The molecule has 0 spiro atoms. The first kappa shape index (κ1) is 15.0. The summed E-state index contributed by atoms with van der Waals surface area (Å²) in [6.07, 6.45) is 0.954. The molecule has 0 radical (unpaired) electrons. The molecule has 1 N–H and O–H groups in total. The van der Waals surface area contributed by atoms with Crippen molar-refractivity contribution < 1.29 is 9.53 Å². The first-order chi connectivity index (χ1) is 9.22. The molecule has 0 aromatic carbocycles. The highest BCUT2D eigenvalue weighted by Gasteiger charge is 2.29. The van der Waals surface area contributed by atoms with Gasteiger partial charge in [-0.3, -0.25) is 9.69 Å². The summed E-state index contributed by atoms with van der Waals surface area (Å²) in [6.45, 7) is 5.56. The molecule has 0 saturated carbocycles. The van der Waals surface area contributed by atoms with E-state index < -0.39 is 0 Å². The number of halogens is 1. The average molecular weight is 347 g/mol. The van der Waals surface area contributed by atoms with Crippen LogP contribution in [0.3, 0.4) is 0 Å². The molecule has 1 aliphatic rings. The maximum Gasteiger partial charge on any atom is 0.239 e. The molecule has 2 heterocycles. The molecule has 1 saturated heterocycles. The van der Waals surface area contributed by atoms with Crippen molar-refractivity contribution in [2.24, 2.45) is 0 Å². The standard InChI is InChI=1S/C13H19BrN2O2S/c1-2-4-15-13(17)11-9-18-6-5-16(11)8-12-10(14)3-7-19-12/h3,7,11H,2,4-6,8-9H2,1H3,(H,15,17). The quantitative estimate of drug-likeness (QED) is 0.888. The van der Waals surface area contributed by atoms with Crippen molar-refractivity contribution in [3.05, 3.63) is 20.8 Å².